The van der Waals surface area contributed by atoms with E-state index in [-0.39, 0.29) is 23.1 Å². The molecule has 0 unspecified atom stereocenters. The van der Waals surface area contributed by atoms with Crippen molar-refractivity contribution >= 4 is 29.1 Å². The number of H-pyrrole nitrogens is 1. The lowest BCUT2D eigenvalue weighted by Gasteiger charge is -2.09. The largest absolute Gasteiger partial charge is 0.325 e. The lowest BCUT2D eigenvalue weighted by Crippen LogP contribution is -2.15. The number of fused-ring (bicyclic) bond motifs is 1. The Morgan fingerprint density at radius 1 is 1.29 bits per heavy atom. The molecular weight excluding hydrogens is 326 g/mol. The minimum Gasteiger partial charge on any atom is -0.325 e. The first-order valence-corrected chi connectivity index (χ1v) is 8.49. The van der Waals surface area contributed by atoms with E-state index in [1.54, 1.807) is 4.40 Å². The molecule has 0 spiro atoms. The summed E-state index contributed by atoms with van der Waals surface area (Å²) < 4.78 is 1.78. The molecule has 0 aliphatic rings. The summed E-state index contributed by atoms with van der Waals surface area (Å²) in [7, 11) is 0. The number of nitrogens with zero attached hydrogens (tertiary/aromatic N) is 3. The number of rotatable bonds is 5. The van der Waals surface area contributed by atoms with Gasteiger partial charge in [-0.2, -0.15) is 0 Å². The van der Waals surface area contributed by atoms with Crippen LogP contribution in [0.4, 0.5) is 5.69 Å². The van der Waals surface area contributed by atoms with Gasteiger partial charge in [-0.05, 0) is 18.1 Å². The summed E-state index contributed by atoms with van der Waals surface area (Å²) in [6.07, 6.45) is 0. The zero-order chi connectivity index (χ0) is 17.1. The number of amides is 1. The molecular formula is C16H17N5O2S. The van der Waals surface area contributed by atoms with Crippen molar-refractivity contribution in [3.8, 4) is 0 Å². The average molecular weight is 343 g/mol. The van der Waals surface area contributed by atoms with Crippen molar-refractivity contribution in [1.29, 1.82) is 0 Å². The van der Waals surface area contributed by atoms with E-state index in [4.69, 9.17) is 0 Å². The number of hydrogen-bond donors (Lipinski definition) is 2. The standard InChI is InChI=1S/C16H17N5O2S/c1-10(2)12-8-13(22)18-15-19-20-16(21(12)15)24-9-14(23)17-11-6-4-3-5-7-11/h3-8,10H,9H2,1-2H3,(H,17,23)(H,18,19,22). The van der Waals surface area contributed by atoms with Gasteiger partial charge in [0.1, 0.15) is 0 Å². The van der Waals surface area contributed by atoms with Gasteiger partial charge in [0.05, 0.1) is 5.75 Å². The molecule has 24 heavy (non-hydrogen) atoms. The van der Waals surface area contributed by atoms with E-state index in [0.29, 0.717) is 10.9 Å². The third kappa shape index (κ3) is 3.48. The number of aromatic nitrogens is 4. The highest BCUT2D eigenvalue weighted by Crippen LogP contribution is 2.21. The second-order valence-corrected chi connectivity index (χ2v) is 6.50. The van der Waals surface area contributed by atoms with Gasteiger partial charge in [-0.25, -0.2) is 0 Å². The Hall–Kier alpha value is -2.61. The first-order valence-electron chi connectivity index (χ1n) is 7.50. The summed E-state index contributed by atoms with van der Waals surface area (Å²) in [5.41, 5.74) is 1.35. The quantitative estimate of drug-likeness (QED) is 0.693. The zero-order valence-electron chi connectivity index (χ0n) is 13.3. The second-order valence-electron chi connectivity index (χ2n) is 5.56. The molecule has 0 bridgehead atoms. The maximum absolute atomic E-state index is 12.1. The number of thioether (sulfide) groups is 1. The molecule has 124 valence electrons. The minimum absolute atomic E-state index is 0.126. The molecule has 0 fully saturated rings. The molecule has 0 saturated heterocycles. The average Bonchev–Trinajstić information content (AvgIpc) is 2.95. The molecule has 0 saturated carbocycles. The number of carbonyl (C=O) groups excluding carboxylic acids is 1. The zero-order valence-corrected chi connectivity index (χ0v) is 14.1. The molecule has 1 amide bonds. The number of benzene rings is 1. The smallest absolute Gasteiger partial charge is 0.252 e. The van der Waals surface area contributed by atoms with E-state index in [2.05, 4.69) is 20.5 Å². The molecule has 7 nitrogen and oxygen atoms in total. The summed E-state index contributed by atoms with van der Waals surface area (Å²) in [6, 6.07) is 10.8. The van der Waals surface area contributed by atoms with Gasteiger partial charge in [-0.15, -0.1) is 10.2 Å². The number of nitrogens with one attached hydrogen (secondary N) is 2. The van der Waals surface area contributed by atoms with Gasteiger partial charge >= 0.3 is 0 Å². The molecule has 2 N–H and O–H groups in total. The van der Waals surface area contributed by atoms with E-state index in [1.807, 2.05) is 44.2 Å². The van der Waals surface area contributed by atoms with Crippen LogP contribution in [0, 0.1) is 0 Å². The summed E-state index contributed by atoms with van der Waals surface area (Å²) in [5, 5.41) is 11.5. The van der Waals surface area contributed by atoms with Crippen LogP contribution in [0.1, 0.15) is 25.5 Å². The topological polar surface area (TPSA) is 92.2 Å². The molecule has 0 atom stereocenters. The Morgan fingerprint density at radius 3 is 2.75 bits per heavy atom. The third-order valence-electron chi connectivity index (χ3n) is 3.39. The summed E-state index contributed by atoms with van der Waals surface area (Å²) in [6.45, 7) is 3.98. The molecule has 3 aromatic rings. The highest BCUT2D eigenvalue weighted by Gasteiger charge is 2.15. The van der Waals surface area contributed by atoms with Gasteiger partial charge in [0.25, 0.3) is 5.56 Å². The molecule has 0 radical (unpaired) electrons. The van der Waals surface area contributed by atoms with E-state index >= 15 is 0 Å². The molecule has 2 heterocycles. The number of hydrogen-bond acceptors (Lipinski definition) is 5. The first kappa shape index (κ1) is 16.3. The summed E-state index contributed by atoms with van der Waals surface area (Å²) >= 11 is 1.28. The van der Waals surface area contributed by atoms with Crippen molar-refractivity contribution in [2.45, 2.75) is 24.9 Å². The minimum atomic E-state index is -0.211. The van der Waals surface area contributed by atoms with Crippen LogP contribution in [-0.4, -0.2) is 31.2 Å². The van der Waals surface area contributed by atoms with E-state index in [1.165, 1.54) is 17.8 Å². The summed E-state index contributed by atoms with van der Waals surface area (Å²) in [5.74, 6) is 0.589. The van der Waals surface area contributed by atoms with Gasteiger partial charge in [0, 0.05) is 17.4 Å². The van der Waals surface area contributed by atoms with Crippen LogP contribution >= 0.6 is 11.8 Å². The first-order chi connectivity index (χ1) is 11.5. The summed E-state index contributed by atoms with van der Waals surface area (Å²) in [4.78, 5) is 26.4. The molecule has 1 aromatic carbocycles. The number of carbonyl (C=O) groups is 1. The van der Waals surface area contributed by atoms with Crippen LogP contribution in [-0.2, 0) is 4.79 Å². The molecule has 8 heteroatoms. The van der Waals surface area contributed by atoms with Crippen molar-refractivity contribution < 1.29 is 4.79 Å². The van der Waals surface area contributed by atoms with E-state index < -0.39 is 0 Å². The number of aromatic amines is 1. The third-order valence-corrected chi connectivity index (χ3v) is 4.32. The lowest BCUT2D eigenvalue weighted by atomic mass is 10.1. The Morgan fingerprint density at radius 2 is 2.04 bits per heavy atom. The Bertz CT molecular complexity index is 917. The Balaban J connectivity index is 1.78. The van der Waals surface area contributed by atoms with Crippen LogP contribution in [0.25, 0.3) is 5.78 Å². The fourth-order valence-corrected chi connectivity index (χ4v) is 3.05. The Kier molecular flexibility index (Phi) is 4.66. The molecule has 2 aromatic heterocycles. The van der Waals surface area contributed by atoms with Gasteiger partial charge < -0.3 is 5.32 Å². The number of anilines is 1. The fourth-order valence-electron chi connectivity index (χ4n) is 2.30. The highest BCUT2D eigenvalue weighted by molar-refractivity contribution is 7.99. The van der Waals surface area contributed by atoms with Gasteiger partial charge in [0.15, 0.2) is 5.16 Å². The molecule has 0 aliphatic heterocycles. The monoisotopic (exact) mass is 343 g/mol. The lowest BCUT2D eigenvalue weighted by molar-refractivity contribution is -0.113. The van der Waals surface area contributed by atoms with Crippen molar-refractivity contribution in [1.82, 2.24) is 19.6 Å². The van der Waals surface area contributed by atoms with Crippen molar-refractivity contribution in [2.75, 3.05) is 11.1 Å². The van der Waals surface area contributed by atoms with E-state index in [9.17, 15) is 9.59 Å². The second kappa shape index (κ2) is 6.88. The van der Waals surface area contributed by atoms with Crippen molar-refractivity contribution in [3.63, 3.8) is 0 Å². The maximum Gasteiger partial charge on any atom is 0.252 e. The Labute approximate surface area is 142 Å². The molecule has 0 aliphatic carbocycles. The normalized spacial score (nSPS) is 11.1. The van der Waals surface area contributed by atoms with Gasteiger partial charge in [0.2, 0.25) is 11.7 Å². The van der Waals surface area contributed by atoms with Gasteiger partial charge in [-0.1, -0.05) is 43.8 Å². The SMILES string of the molecule is CC(C)c1cc(=O)[nH]c2nnc(SCC(=O)Nc3ccccc3)n12. The highest BCUT2D eigenvalue weighted by atomic mass is 32.2. The predicted molar refractivity (Wildman–Crippen MR) is 93.5 cm³/mol. The van der Waals surface area contributed by atoms with Gasteiger partial charge in [-0.3, -0.25) is 19.0 Å². The fraction of sp³-hybridized carbons (Fsp3) is 0.250. The van der Waals surface area contributed by atoms with Crippen LogP contribution in [0.2, 0.25) is 0 Å². The number of para-hydroxylation sites is 1. The van der Waals surface area contributed by atoms with Crippen LogP contribution < -0.4 is 10.9 Å². The van der Waals surface area contributed by atoms with E-state index in [0.717, 1.165) is 11.4 Å². The van der Waals surface area contributed by atoms with Crippen LogP contribution in [0.5, 0.6) is 0 Å². The van der Waals surface area contributed by atoms with Crippen LogP contribution in [0.3, 0.4) is 0 Å². The maximum atomic E-state index is 12.1. The van der Waals surface area contributed by atoms with Crippen molar-refractivity contribution in [3.05, 3.63) is 52.4 Å². The van der Waals surface area contributed by atoms with Crippen LogP contribution in [0.15, 0.2) is 46.3 Å². The predicted octanol–water partition coefficient (Wildman–Crippen LogP) is 2.27. The molecule has 3 rings (SSSR count). The van der Waals surface area contributed by atoms with Crippen molar-refractivity contribution in [2.24, 2.45) is 0 Å².